The largest absolute Gasteiger partial charge is 0.457 e. The molecule has 0 atom stereocenters. The molecule has 0 fully saturated rings. The van der Waals surface area contributed by atoms with Crippen molar-refractivity contribution < 1.29 is 4.74 Å². The molecule has 3 heteroatoms. The topological polar surface area (TPSA) is 15.7 Å². The van der Waals surface area contributed by atoms with Gasteiger partial charge in [0, 0.05) is 45.1 Å². The summed E-state index contributed by atoms with van der Waals surface area (Å²) in [6.45, 7) is 0. The van der Waals surface area contributed by atoms with Gasteiger partial charge in [-0.25, -0.2) is 0 Å². The van der Waals surface area contributed by atoms with Crippen LogP contribution in [0.2, 0.25) is 0 Å². The molecule has 3 nitrogen and oxygen atoms in total. The maximum atomic E-state index is 6.71. The second-order valence-corrected chi connectivity index (χ2v) is 13.3. The minimum Gasteiger partial charge on any atom is -0.457 e. The average molecular weight is 667 g/mol. The molecular formula is C49H34N2O. The number of rotatable bonds is 6. The van der Waals surface area contributed by atoms with Crippen LogP contribution in [0.3, 0.4) is 0 Å². The van der Waals surface area contributed by atoms with Crippen LogP contribution < -0.4 is 14.5 Å². The Labute approximate surface area is 304 Å². The van der Waals surface area contributed by atoms with E-state index in [1.54, 1.807) is 0 Å². The summed E-state index contributed by atoms with van der Waals surface area (Å²) < 4.78 is 6.71. The summed E-state index contributed by atoms with van der Waals surface area (Å²) in [5.41, 5.74) is 13.1. The first-order valence-corrected chi connectivity index (χ1v) is 17.8. The fourth-order valence-electron chi connectivity index (χ4n) is 8.43. The zero-order chi connectivity index (χ0) is 34.5. The Morgan fingerprint density at radius 2 is 0.731 bits per heavy atom. The lowest BCUT2D eigenvalue weighted by Crippen LogP contribution is -2.32. The van der Waals surface area contributed by atoms with Crippen LogP contribution >= 0.6 is 0 Å². The van der Waals surface area contributed by atoms with Gasteiger partial charge in [0.2, 0.25) is 0 Å². The van der Waals surface area contributed by atoms with Crippen LogP contribution in [0, 0.1) is 0 Å². The minimum absolute atomic E-state index is 0.639. The van der Waals surface area contributed by atoms with E-state index in [9.17, 15) is 0 Å². The van der Waals surface area contributed by atoms with Crippen LogP contribution in [-0.4, -0.2) is 0 Å². The molecule has 52 heavy (non-hydrogen) atoms. The average Bonchev–Trinajstić information content (AvgIpc) is 3.50. The molecule has 0 bridgehead atoms. The number of ether oxygens (including phenoxy) is 1. The molecule has 0 unspecified atom stereocenters. The molecule has 0 radical (unpaired) electrons. The SMILES string of the molecule is c1ccc(N(c2ccccc2)c2cc(N(c3ccccc3)c3ccccc3)c3c(c2)C2(c4ccccc4Oc4ccccc42)c2ccccc2-3)cc1. The first-order valence-electron chi connectivity index (χ1n) is 17.8. The predicted octanol–water partition coefficient (Wildman–Crippen LogP) is 13.1. The maximum Gasteiger partial charge on any atom is 0.132 e. The van der Waals surface area contributed by atoms with Gasteiger partial charge in [-0.3, -0.25) is 0 Å². The standard InChI is InChI=1S/C49H34N2O/c1-5-19-35(20-6-1)50(36-21-7-2-8-22-36)39-33-44-48(45(34-39)51(37-23-9-3-10-24-37)38-25-11-4-12-26-38)40-27-13-14-28-41(40)49(44)42-29-15-17-31-46(42)52-47-32-18-16-30-43(47)49/h1-34H. The van der Waals surface area contributed by atoms with Gasteiger partial charge in [0.05, 0.1) is 11.1 Å². The van der Waals surface area contributed by atoms with Crippen molar-refractivity contribution in [3.05, 3.63) is 229 Å². The van der Waals surface area contributed by atoms with E-state index in [1.807, 2.05) is 0 Å². The highest BCUT2D eigenvalue weighted by Crippen LogP contribution is 2.65. The quantitative estimate of drug-likeness (QED) is 0.176. The molecule has 0 aromatic heterocycles. The van der Waals surface area contributed by atoms with Gasteiger partial charge in [-0.2, -0.15) is 0 Å². The van der Waals surface area contributed by atoms with Crippen LogP contribution in [0.1, 0.15) is 22.3 Å². The highest BCUT2D eigenvalue weighted by molar-refractivity contribution is 6.00. The number of fused-ring (bicyclic) bond motifs is 9. The highest BCUT2D eigenvalue weighted by atomic mass is 16.5. The number of anilines is 6. The number of benzene rings is 8. The van der Waals surface area contributed by atoms with Crippen LogP contribution in [0.25, 0.3) is 11.1 Å². The first-order chi connectivity index (χ1) is 25.8. The van der Waals surface area contributed by atoms with Crippen molar-refractivity contribution in [1.82, 2.24) is 0 Å². The molecule has 0 saturated carbocycles. The van der Waals surface area contributed by atoms with Crippen molar-refractivity contribution >= 4 is 34.1 Å². The third-order valence-electron chi connectivity index (χ3n) is 10.5. The van der Waals surface area contributed by atoms with Crippen molar-refractivity contribution in [2.24, 2.45) is 0 Å². The van der Waals surface area contributed by atoms with Crippen molar-refractivity contribution in [1.29, 1.82) is 0 Å². The van der Waals surface area contributed by atoms with E-state index in [4.69, 9.17) is 4.74 Å². The third kappa shape index (κ3) is 4.53. The van der Waals surface area contributed by atoms with E-state index in [0.29, 0.717) is 0 Å². The van der Waals surface area contributed by atoms with Crippen LogP contribution in [0.5, 0.6) is 11.5 Å². The Morgan fingerprint density at radius 1 is 0.327 bits per heavy atom. The number of nitrogens with zero attached hydrogens (tertiary/aromatic N) is 2. The summed E-state index contributed by atoms with van der Waals surface area (Å²) in [7, 11) is 0. The van der Waals surface area contributed by atoms with E-state index in [-0.39, 0.29) is 0 Å². The first kappa shape index (κ1) is 30.0. The zero-order valence-corrected chi connectivity index (χ0v) is 28.4. The van der Waals surface area contributed by atoms with E-state index < -0.39 is 5.41 Å². The minimum atomic E-state index is -0.639. The second kappa shape index (κ2) is 12.2. The zero-order valence-electron chi connectivity index (χ0n) is 28.4. The van der Waals surface area contributed by atoms with Crippen LogP contribution in [0.4, 0.5) is 34.1 Å². The molecule has 0 N–H and O–H groups in total. The van der Waals surface area contributed by atoms with Crippen LogP contribution in [-0.2, 0) is 5.41 Å². The Balaban J connectivity index is 1.39. The van der Waals surface area contributed by atoms with E-state index in [1.165, 1.54) is 22.3 Å². The summed E-state index contributed by atoms with van der Waals surface area (Å²) in [6.07, 6.45) is 0. The monoisotopic (exact) mass is 666 g/mol. The lowest BCUT2D eigenvalue weighted by atomic mass is 9.66. The Kier molecular flexibility index (Phi) is 7.04. The van der Waals surface area contributed by atoms with Gasteiger partial charge in [-0.15, -0.1) is 0 Å². The molecule has 10 rings (SSSR count). The molecule has 1 spiro atoms. The molecule has 8 aromatic rings. The van der Waals surface area contributed by atoms with Gasteiger partial charge in [0.25, 0.3) is 0 Å². The number of hydrogen-bond acceptors (Lipinski definition) is 3. The van der Waals surface area contributed by atoms with E-state index in [0.717, 1.165) is 56.8 Å². The molecule has 8 aromatic carbocycles. The van der Waals surface area contributed by atoms with Crippen molar-refractivity contribution in [2.75, 3.05) is 9.80 Å². The molecule has 1 heterocycles. The highest BCUT2D eigenvalue weighted by Gasteiger charge is 2.52. The maximum absolute atomic E-state index is 6.71. The molecular weight excluding hydrogens is 633 g/mol. The lowest BCUT2D eigenvalue weighted by Gasteiger charge is -2.40. The Morgan fingerprint density at radius 3 is 1.23 bits per heavy atom. The summed E-state index contributed by atoms with van der Waals surface area (Å²) >= 11 is 0. The summed E-state index contributed by atoms with van der Waals surface area (Å²) in [5.74, 6) is 1.75. The van der Waals surface area contributed by atoms with E-state index in [2.05, 4.69) is 216 Å². The van der Waals surface area contributed by atoms with Gasteiger partial charge in [-0.05, 0) is 89.5 Å². The Bertz CT molecular complexity index is 2430. The van der Waals surface area contributed by atoms with Gasteiger partial charge in [-0.1, -0.05) is 133 Å². The fraction of sp³-hybridized carbons (Fsp3) is 0.0204. The van der Waals surface area contributed by atoms with Gasteiger partial charge < -0.3 is 14.5 Å². The van der Waals surface area contributed by atoms with E-state index >= 15 is 0 Å². The summed E-state index contributed by atoms with van der Waals surface area (Å²) in [6, 6.07) is 73.8. The molecule has 1 aliphatic heterocycles. The lowest BCUT2D eigenvalue weighted by molar-refractivity contribution is 0.436. The third-order valence-corrected chi connectivity index (χ3v) is 10.5. The normalized spacial score (nSPS) is 12.9. The van der Waals surface area contributed by atoms with Gasteiger partial charge >= 0.3 is 0 Å². The molecule has 246 valence electrons. The van der Waals surface area contributed by atoms with Crippen molar-refractivity contribution in [2.45, 2.75) is 5.41 Å². The molecule has 0 amide bonds. The summed E-state index contributed by atoms with van der Waals surface area (Å²) in [5, 5.41) is 0. The van der Waals surface area contributed by atoms with Crippen molar-refractivity contribution in [3.63, 3.8) is 0 Å². The van der Waals surface area contributed by atoms with Gasteiger partial charge in [0.1, 0.15) is 11.5 Å². The van der Waals surface area contributed by atoms with Crippen molar-refractivity contribution in [3.8, 4) is 22.6 Å². The fourth-order valence-corrected chi connectivity index (χ4v) is 8.43. The van der Waals surface area contributed by atoms with Crippen LogP contribution in [0.15, 0.2) is 206 Å². The second-order valence-electron chi connectivity index (χ2n) is 13.3. The molecule has 1 aliphatic carbocycles. The molecule has 0 saturated heterocycles. The molecule has 2 aliphatic rings. The number of hydrogen-bond donors (Lipinski definition) is 0. The summed E-state index contributed by atoms with van der Waals surface area (Å²) in [4.78, 5) is 4.80. The predicted molar refractivity (Wildman–Crippen MR) is 213 cm³/mol. The smallest absolute Gasteiger partial charge is 0.132 e. The van der Waals surface area contributed by atoms with Gasteiger partial charge in [0.15, 0.2) is 0 Å². The Hall–Kier alpha value is -6.84. The number of para-hydroxylation sites is 6.